The molecule has 1 amide bonds. The molecular weight excluding hydrogens is 567 g/mol. The first kappa shape index (κ1) is 29.0. The van der Waals surface area contributed by atoms with Gasteiger partial charge in [0.1, 0.15) is 17.5 Å². The van der Waals surface area contributed by atoms with Crippen LogP contribution in [0.15, 0.2) is 79.0 Å². The van der Waals surface area contributed by atoms with Gasteiger partial charge in [0.25, 0.3) is 5.91 Å². The fourth-order valence-corrected chi connectivity index (χ4v) is 6.31. The maximum atomic E-state index is 14.3. The van der Waals surface area contributed by atoms with Gasteiger partial charge in [-0.1, -0.05) is 30.3 Å². The van der Waals surface area contributed by atoms with Gasteiger partial charge in [0.15, 0.2) is 11.6 Å². The van der Waals surface area contributed by atoms with Gasteiger partial charge in [-0.2, -0.15) is 0 Å². The number of hydrogen-bond acceptors (Lipinski definition) is 4. The molecule has 5 aromatic rings. The summed E-state index contributed by atoms with van der Waals surface area (Å²) >= 11 is 0. The lowest BCUT2D eigenvalue weighted by molar-refractivity contribution is -0.120. The summed E-state index contributed by atoms with van der Waals surface area (Å²) in [4.78, 5) is 43.2. The van der Waals surface area contributed by atoms with Gasteiger partial charge < -0.3 is 10.3 Å². The zero-order chi connectivity index (χ0) is 31.0. The predicted molar refractivity (Wildman–Crippen MR) is 160 cm³/mol. The molecule has 6 rings (SSSR count). The third kappa shape index (κ3) is 5.65. The molecule has 2 N–H and O–H groups in total. The molecule has 2 heterocycles. The Morgan fingerprint density at radius 3 is 2.48 bits per heavy atom. The average Bonchev–Trinajstić information content (AvgIpc) is 3.31. The van der Waals surface area contributed by atoms with E-state index in [4.69, 9.17) is 5.73 Å². The molecule has 2 aromatic heterocycles. The number of benzene rings is 3. The monoisotopic (exact) mass is 595 g/mol. The van der Waals surface area contributed by atoms with Gasteiger partial charge in [-0.15, -0.1) is 0 Å². The van der Waals surface area contributed by atoms with Crippen molar-refractivity contribution in [2.75, 3.05) is 0 Å². The van der Waals surface area contributed by atoms with Crippen molar-refractivity contribution in [3.05, 3.63) is 125 Å². The van der Waals surface area contributed by atoms with E-state index >= 15 is 0 Å². The molecule has 0 fully saturated rings. The van der Waals surface area contributed by atoms with Gasteiger partial charge in [0.05, 0.1) is 17.8 Å². The van der Waals surface area contributed by atoms with E-state index in [-0.39, 0.29) is 36.5 Å². The Labute approximate surface area is 251 Å². The van der Waals surface area contributed by atoms with Gasteiger partial charge in [-0.05, 0) is 66.8 Å². The first-order valence-corrected chi connectivity index (χ1v) is 14.3. The minimum Gasteiger partial charge on any atom is -0.366 e. The molecule has 9 heteroatoms. The molecule has 222 valence electrons. The van der Waals surface area contributed by atoms with Gasteiger partial charge >= 0.3 is 0 Å². The lowest BCUT2D eigenvalue weighted by Gasteiger charge is -2.21. The van der Waals surface area contributed by atoms with E-state index in [1.807, 2.05) is 28.8 Å². The minimum absolute atomic E-state index is 0.00166. The van der Waals surface area contributed by atoms with E-state index in [9.17, 15) is 27.6 Å². The normalized spacial score (nSPS) is 13.6. The molecule has 1 atom stereocenters. The molecule has 0 radical (unpaired) electrons. The highest BCUT2D eigenvalue weighted by molar-refractivity contribution is 6.10. The van der Waals surface area contributed by atoms with Crippen LogP contribution in [0, 0.1) is 17.5 Å². The van der Waals surface area contributed by atoms with Crippen LogP contribution in [0.4, 0.5) is 13.2 Å². The van der Waals surface area contributed by atoms with Crippen molar-refractivity contribution in [2.45, 2.75) is 44.6 Å². The Balaban J connectivity index is 1.40. The minimum atomic E-state index is -0.933. The van der Waals surface area contributed by atoms with Crippen molar-refractivity contribution >= 4 is 28.4 Å². The van der Waals surface area contributed by atoms with Crippen LogP contribution >= 0.6 is 0 Å². The largest absolute Gasteiger partial charge is 0.366 e. The van der Waals surface area contributed by atoms with Crippen molar-refractivity contribution in [1.82, 2.24) is 9.55 Å². The number of carbonyl (C=O) groups is 3. The van der Waals surface area contributed by atoms with E-state index in [1.54, 1.807) is 18.3 Å². The average molecular weight is 596 g/mol. The molecule has 1 aliphatic carbocycles. The Hall–Kier alpha value is -5.05. The van der Waals surface area contributed by atoms with Crippen molar-refractivity contribution < 1.29 is 27.6 Å². The third-order valence-corrected chi connectivity index (χ3v) is 8.16. The summed E-state index contributed by atoms with van der Waals surface area (Å²) in [5, 5.41) is 0.820. The van der Waals surface area contributed by atoms with Crippen LogP contribution in [0.1, 0.15) is 62.8 Å². The van der Waals surface area contributed by atoms with Crippen LogP contribution in [0.3, 0.4) is 0 Å². The molecule has 0 saturated carbocycles. The number of primary amides is 1. The van der Waals surface area contributed by atoms with Crippen molar-refractivity contribution in [3.8, 4) is 11.1 Å². The highest BCUT2D eigenvalue weighted by Crippen LogP contribution is 2.35. The second-order valence-electron chi connectivity index (χ2n) is 11.1. The van der Waals surface area contributed by atoms with Crippen molar-refractivity contribution in [3.63, 3.8) is 0 Å². The van der Waals surface area contributed by atoms with Crippen LogP contribution in [0.25, 0.3) is 22.0 Å². The Bertz CT molecular complexity index is 1930. The molecule has 44 heavy (non-hydrogen) atoms. The quantitative estimate of drug-likeness (QED) is 0.205. The van der Waals surface area contributed by atoms with Gasteiger partial charge in [0.2, 0.25) is 0 Å². The number of para-hydroxylation sites is 1. The topological polar surface area (TPSA) is 95.1 Å². The molecule has 0 spiro atoms. The molecule has 6 nitrogen and oxygen atoms in total. The highest BCUT2D eigenvalue weighted by Gasteiger charge is 2.28. The molecule has 0 saturated heterocycles. The number of halogens is 3. The van der Waals surface area contributed by atoms with Gasteiger partial charge in [0, 0.05) is 58.7 Å². The Kier molecular flexibility index (Phi) is 7.86. The summed E-state index contributed by atoms with van der Waals surface area (Å²) in [6, 6.07) is 18.1. The number of aromatic nitrogens is 2. The van der Waals surface area contributed by atoms with E-state index in [2.05, 4.69) is 4.98 Å². The number of nitrogens with zero attached hydrogens (tertiary/aromatic N) is 2. The standard InChI is InChI=1S/C35H28F3N3O3/c36-23-14-20(15-24(37)18-23)13-22(34-26(6-4-12-40-34)21-10-11-29(38)28(17-21)35(39)44)16-25(42)19-41-30-7-2-1-5-27(30)33-31(41)8-3-9-32(33)43/h1-2,4-7,10-12,14-15,17-18,22H,3,8-9,13,16,19H2,(H2,39,44)/t22-/m1/s1. The zero-order valence-electron chi connectivity index (χ0n) is 23.7. The first-order chi connectivity index (χ1) is 21.2. The van der Waals surface area contributed by atoms with Crippen molar-refractivity contribution in [2.24, 2.45) is 5.73 Å². The maximum Gasteiger partial charge on any atom is 0.251 e. The summed E-state index contributed by atoms with van der Waals surface area (Å²) < 4.78 is 44.6. The molecule has 0 bridgehead atoms. The summed E-state index contributed by atoms with van der Waals surface area (Å²) in [6.07, 6.45) is 3.42. The number of Topliss-reactive ketones (excluding diaryl/α,β-unsaturated/α-hetero) is 2. The fraction of sp³-hybridized carbons (Fsp3) is 0.200. The maximum absolute atomic E-state index is 14.3. The van der Waals surface area contributed by atoms with Gasteiger partial charge in [-0.3, -0.25) is 19.4 Å². The van der Waals surface area contributed by atoms with E-state index < -0.39 is 29.3 Å². The lowest BCUT2D eigenvalue weighted by atomic mass is 9.86. The summed E-state index contributed by atoms with van der Waals surface area (Å²) in [7, 11) is 0. The van der Waals surface area contributed by atoms with Gasteiger partial charge in [-0.25, -0.2) is 13.2 Å². The predicted octanol–water partition coefficient (Wildman–Crippen LogP) is 6.72. The lowest BCUT2D eigenvalue weighted by Crippen LogP contribution is -2.20. The zero-order valence-corrected chi connectivity index (χ0v) is 23.7. The number of ketones is 2. The number of hydrogen-bond donors (Lipinski definition) is 1. The van der Waals surface area contributed by atoms with E-state index in [0.717, 1.165) is 28.7 Å². The van der Waals surface area contributed by atoms with Crippen molar-refractivity contribution in [1.29, 1.82) is 0 Å². The summed E-state index contributed by atoms with van der Waals surface area (Å²) in [5.41, 5.74) is 9.15. The number of fused-ring (bicyclic) bond motifs is 3. The summed E-state index contributed by atoms with van der Waals surface area (Å²) in [5.74, 6) is -3.93. The van der Waals surface area contributed by atoms with Crippen LogP contribution < -0.4 is 5.73 Å². The first-order valence-electron chi connectivity index (χ1n) is 14.3. The van der Waals surface area contributed by atoms with Crippen LogP contribution in [0.2, 0.25) is 0 Å². The molecule has 1 aliphatic rings. The smallest absolute Gasteiger partial charge is 0.251 e. The highest BCUT2D eigenvalue weighted by atomic mass is 19.1. The summed E-state index contributed by atoms with van der Waals surface area (Å²) in [6.45, 7) is 0.00166. The number of nitrogens with two attached hydrogens (primary N) is 1. The molecule has 0 aliphatic heterocycles. The van der Waals surface area contributed by atoms with E-state index in [0.29, 0.717) is 47.2 Å². The second-order valence-corrected chi connectivity index (χ2v) is 11.1. The van der Waals surface area contributed by atoms with Crippen LogP contribution in [-0.4, -0.2) is 27.0 Å². The van der Waals surface area contributed by atoms with Crippen LogP contribution in [0.5, 0.6) is 0 Å². The Morgan fingerprint density at radius 1 is 0.932 bits per heavy atom. The third-order valence-electron chi connectivity index (χ3n) is 8.16. The number of carbonyl (C=O) groups excluding carboxylic acids is 3. The fourth-order valence-electron chi connectivity index (χ4n) is 6.31. The molecule has 3 aromatic carbocycles. The second kappa shape index (κ2) is 11.9. The SMILES string of the molecule is NC(=O)c1cc(-c2cccnc2[C@@H](CC(=O)Cn2c3c(c4ccccc42)C(=O)CCC3)Cc2cc(F)cc(F)c2)ccc1F. The van der Waals surface area contributed by atoms with Crippen LogP contribution in [-0.2, 0) is 24.2 Å². The number of pyridine rings is 1. The molecule has 0 unspecified atom stereocenters. The van der Waals surface area contributed by atoms with E-state index in [1.165, 1.54) is 24.3 Å². The number of amides is 1. The molecular formula is C35H28F3N3O3. The number of rotatable bonds is 9. The Morgan fingerprint density at radius 2 is 1.70 bits per heavy atom.